The molecule has 0 spiro atoms. The summed E-state index contributed by atoms with van der Waals surface area (Å²) in [5, 5.41) is 10.8. The van der Waals surface area contributed by atoms with Crippen LogP contribution in [0.5, 0.6) is 5.75 Å². The molecule has 1 saturated heterocycles. The normalized spacial score (nSPS) is 17.4. The van der Waals surface area contributed by atoms with Crippen LogP contribution in [0.1, 0.15) is 19.8 Å². The van der Waals surface area contributed by atoms with Crippen LogP contribution < -0.4 is 4.74 Å². The van der Waals surface area contributed by atoms with Crippen LogP contribution in [0.15, 0.2) is 54.7 Å². The molecule has 3 aromatic rings. The van der Waals surface area contributed by atoms with Gasteiger partial charge in [0.15, 0.2) is 6.10 Å². The lowest BCUT2D eigenvalue weighted by Gasteiger charge is -2.32. The topological polar surface area (TPSA) is 79.7 Å². The van der Waals surface area contributed by atoms with E-state index in [4.69, 9.17) is 16.3 Å². The van der Waals surface area contributed by atoms with Crippen molar-refractivity contribution < 1.29 is 19.4 Å². The van der Waals surface area contributed by atoms with Gasteiger partial charge in [-0.3, -0.25) is 14.6 Å². The zero-order valence-electron chi connectivity index (χ0n) is 17.1. The highest BCUT2D eigenvalue weighted by molar-refractivity contribution is 6.33. The summed E-state index contributed by atoms with van der Waals surface area (Å²) >= 11 is 6.37. The van der Waals surface area contributed by atoms with Crippen molar-refractivity contribution >= 4 is 34.4 Å². The van der Waals surface area contributed by atoms with Gasteiger partial charge in [-0.2, -0.15) is 0 Å². The predicted molar refractivity (Wildman–Crippen MR) is 119 cm³/mol. The van der Waals surface area contributed by atoms with Crippen LogP contribution in [0.3, 0.4) is 0 Å². The number of likely N-dealkylation sites (tertiary alicyclic amines) is 1. The van der Waals surface area contributed by atoms with Gasteiger partial charge in [-0.1, -0.05) is 29.8 Å². The second-order valence-electron chi connectivity index (χ2n) is 7.74. The van der Waals surface area contributed by atoms with E-state index < -0.39 is 18.0 Å². The fourth-order valence-electron chi connectivity index (χ4n) is 4.01. The third-order valence-corrected chi connectivity index (χ3v) is 5.95. The van der Waals surface area contributed by atoms with Crippen molar-refractivity contribution in [3.8, 4) is 16.9 Å². The first-order valence-electron chi connectivity index (χ1n) is 10.3. The van der Waals surface area contributed by atoms with E-state index in [9.17, 15) is 14.7 Å². The fraction of sp³-hybridized carbons (Fsp3) is 0.292. The largest absolute Gasteiger partial charge is 0.481 e. The smallest absolute Gasteiger partial charge is 0.308 e. The molecule has 6 nitrogen and oxygen atoms in total. The maximum absolute atomic E-state index is 12.8. The van der Waals surface area contributed by atoms with Gasteiger partial charge in [0.05, 0.1) is 11.4 Å². The first kappa shape index (κ1) is 21.1. The van der Waals surface area contributed by atoms with Crippen molar-refractivity contribution in [3.05, 3.63) is 59.8 Å². The number of carbonyl (C=O) groups excluding carboxylic acids is 1. The van der Waals surface area contributed by atoms with Gasteiger partial charge < -0.3 is 14.7 Å². The average Bonchev–Trinajstić information content (AvgIpc) is 2.78. The molecule has 1 amide bonds. The van der Waals surface area contributed by atoms with E-state index >= 15 is 0 Å². The van der Waals surface area contributed by atoms with E-state index in [1.165, 1.54) is 0 Å². The number of carboxylic acid groups (broad SMARTS) is 1. The Hall–Kier alpha value is -3.12. The molecule has 0 saturated carbocycles. The van der Waals surface area contributed by atoms with Gasteiger partial charge in [0.2, 0.25) is 0 Å². The van der Waals surface area contributed by atoms with Crippen molar-refractivity contribution in [1.29, 1.82) is 0 Å². The predicted octanol–water partition coefficient (Wildman–Crippen LogP) is 4.65. The van der Waals surface area contributed by atoms with E-state index in [-0.39, 0.29) is 12.5 Å². The molecule has 31 heavy (non-hydrogen) atoms. The number of amides is 1. The maximum Gasteiger partial charge on any atom is 0.308 e. The van der Waals surface area contributed by atoms with Gasteiger partial charge in [0.1, 0.15) is 5.75 Å². The van der Waals surface area contributed by atoms with Crippen molar-refractivity contribution in [1.82, 2.24) is 9.88 Å². The van der Waals surface area contributed by atoms with Crippen molar-refractivity contribution in [3.63, 3.8) is 0 Å². The number of aromatic nitrogens is 1. The van der Waals surface area contributed by atoms with Gasteiger partial charge in [-0.15, -0.1) is 0 Å². The highest BCUT2D eigenvalue weighted by Crippen LogP contribution is 2.34. The number of pyridine rings is 1. The van der Waals surface area contributed by atoms with E-state index in [1.807, 2.05) is 42.5 Å². The Morgan fingerprint density at radius 3 is 2.77 bits per heavy atom. The van der Waals surface area contributed by atoms with Crippen LogP contribution in [0, 0.1) is 5.92 Å². The van der Waals surface area contributed by atoms with Gasteiger partial charge in [-0.25, -0.2) is 0 Å². The monoisotopic (exact) mass is 438 g/mol. The molecule has 1 aliphatic heterocycles. The van der Waals surface area contributed by atoms with Crippen molar-refractivity contribution in [2.45, 2.75) is 25.9 Å². The van der Waals surface area contributed by atoms with Gasteiger partial charge in [0, 0.05) is 41.3 Å². The molecule has 1 aromatic heterocycles. The second kappa shape index (κ2) is 8.94. The number of carbonyl (C=O) groups is 2. The molecule has 1 fully saturated rings. The van der Waals surface area contributed by atoms with Crippen molar-refractivity contribution in [2.24, 2.45) is 5.92 Å². The highest BCUT2D eigenvalue weighted by Gasteiger charge is 2.31. The molecule has 2 heterocycles. The zero-order chi connectivity index (χ0) is 22.0. The van der Waals surface area contributed by atoms with Crippen LogP contribution in [0.25, 0.3) is 22.0 Å². The van der Waals surface area contributed by atoms with E-state index in [1.54, 1.807) is 24.1 Å². The van der Waals surface area contributed by atoms with Crippen LogP contribution in [0.4, 0.5) is 0 Å². The summed E-state index contributed by atoms with van der Waals surface area (Å²) in [6.07, 6.45) is 2.27. The van der Waals surface area contributed by atoms with Crippen LogP contribution in [-0.2, 0) is 9.59 Å². The lowest BCUT2D eigenvalue weighted by molar-refractivity contribution is -0.147. The molecular weight excluding hydrogens is 416 g/mol. The molecule has 4 rings (SSSR count). The first-order chi connectivity index (χ1) is 14.9. The van der Waals surface area contributed by atoms with Crippen LogP contribution in [0.2, 0.25) is 5.02 Å². The highest BCUT2D eigenvalue weighted by atomic mass is 35.5. The summed E-state index contributed by atoms with van der Waals surface area (Å²) in [5.74, 6) is -1.05. The Morgan fingerprint density at radius 1 is 1.19 bits per heavy atom. The quantitative estimate of drug-likeness (QED) is 0.627. The van der Waals surface area contributed by atoms with Gasteiger partial charge in [0.25, 0.3) is 5.91 Å². The molecule has 1 aliphatic rings. The Balaban J connectivity index is 1.53. The number of piperidine rings is 1. The summed E-state index contributed by atoms with van der Waals surface area (Å²) in [5.41, 5.74) is 2.63. The Labute approximate surface area is 185 Å². The number of hydrogen-bond acceptors (Lipinski definition) is 4. The van der Waals surface area contributed by atoms with E-state index in [2.05, 4.69) is 4.98 Å². The summed E-state index contributed by atoms with van der Waals surface area (Å²) in [6.45, 7) is 2.46. The number of aliphatic carboxylic acids is 1. The summed E-state index contributed by atoms with van der Waals surface area (Å²) in [7, 11) is 0. The second-order valence-corrected chi connectivity index (χ2v) is 8.15. The fourth-order valence-corrected chi connectivity index (χ4v) is 4.24. The number of carboxylic acids is 1. The minimum absolute atomic E-state index is 0.205. The minimum atomic E-state index is -0.860. The Bertz CT molecular complexity index is 1130. The molecule has 1 N–H and O–H groups in total. The maximum atomic E-state index is 12.8. The Morgan fingerprint density at radius 2 is 2.00 bits per heavy atom. The van der Waals surface area contributed by atoms with Crippen LogP contribution >= 0.6 is 11.6 Å². The van der Waals surface area contributed by atoms with Gasteiger partial charge >= 0.3 is 5.97 Å². The lowest BCUT2D eigenvalue weighted by atomic mass is 9.98. The number of halogens is 1. The summed E-state index contributed by atoms with van der Waals surface area (Å²) in [6, 6.07) is 15.1. The van der Waals surface area contributed by atoms with E-state index in [0.29, 0.717) is 30.2 Å². The molecule has 0 radical (unpaired) electrons. The van der Waals surface area contributed by atoms with Crippen molar-refractivity contribution in [2.75, 3.05) is 13.1 Å². The Kier molecular flexibility index (Phi) is 6.09. The summed E-state index contributed by atoms with van der Waals surface area (Å²) < 4.78 is 5.90. The molecule has 0 bridgehead atoms. The molecule has 0 aliphatic carbocycles. The molecule has 2 atom stereocenters. The minimum Gasteiger partial charge on any atom is -0.481 e. The third kappa shape index (κ3) is 4.49. The standard InChI is InChI=1S/C24H23ClN2O4/c1-15(23(28)27-12-4-5-16(14-27)24(29)30)31-17-8-9-20-18(10-11-26-22(20)13-17)19-6-2-3-7-21(19)25/h2-3,6-11,13,15-16H,4-5,12,14H2,1H3,(H,29,30)/t15?,16-/m1/s1. The molecule has 2 aromatic carbocycles. The van der Waals surface area contributed by atoms with Gasteiger partial charge in [-0.05, 0) is 49.6 Å². The first-order valence-corrected chi connectivity index (χ1v) is 10.6. The average molecular weight is 439 g/mol. The number of hydrogen-bond donors (Lipinski definition) is 1. The lowest BCUT2D eigenvalue weighted by Crippen LogP contribution is -2.47. The number of benzene rings is 2. The molecule has 1 unspecified atom stereocenters. The SMILES string of the molecule is CC(Oc1ccc2c(-c3ccccc3Cl)ccnc2c1)C(=O)N1CCC[C@@H](C(=O)O)C1. The molecular formula is C24H23ClN2O4. The summed E-state index contributed by atoms with van der Waals surface area (Å²) in [4.78, 5) is 30.1. The number of fused-ring (bicyclic) bond motifs is 1. The number of nitrogens with zero attached hydrogens (tertiary/aromatic N) is 2. The third-order valence-electron chi connectivity index (χ3n) is 5.62. The number of rotatable bonds is 5. The number of ether oxygens (including phenoxy) is 1. The zero-order valence-corrected chi connectivity index (χ0v) is 17.9. The van der Waals surface area contributed by atoms with E-state index in [0.717, 1.165) is 22.0 Å². The molecule has 160 valence electrons. The molecule has 7 heteroatoms. The van der Waals surface area contributed by atoms with Crippen LogP contribution in [-0.4, -0.2) is 46.1 Å².